The van der Waals surface area contributed by atoms with Crippen molar-refractivity contribution < 1.29 is 9.53 Å². The lowest BCUT2D eigenvalue weighted by atomic mass is 10.1. The number of aromatic nitrogens is 2. The summed E-state index contributed by atoms with van der Waals surface area (Å²) in [7, 11) is 3.85. The number of carbonyl (C=O) groups excluding carboxylic acids is 1. The highest BCUT2D eigenvalue weighted by Crippen LogP contribution is 2.27. The fraction of sp³-hybridized carbons (Fsp3) is 0.333. The lowest BCUT2D eigenvalue weighted by Crippen LogP contribution is -2.21. The summed E-state index contributed by atoms with van der Waals surface area (Å²) in [5.41, 5.74) is 7.71. The van der Waals surface area contributed by atoms with E-state index in [4.69, 9.17) is 10.5 Å². The Bertz CT molecular complexity index is 636. The number of nitrogens with zero attached hydrogens (tertiary/aromatic N) is 3. The predicted octanol–water partition coefficient (Wildman–Crippen LogP) is 1.82. The van der Waals surface area contributed by atoms with Crippen molar-refractivity contribution in [3.8, 4) is 0 Å². The first-order chi connectivity index (χ1) is 10.0. The van der Waals surface area contributed by atoms with Gasteiger partial charge in [0.15, 0.2) is 0 Å². The zero-order chi connectivity index (χ0) is 15.4. The van der Waals surface area contributed by atoms with Gasteiger partial charge in [-0.15, -0.1) is 0 Å². The third-order valence-corrected chi connectivity index (χ3v) is 3.29. The highest BCUT2D eigenvalue weighted by atomic mass is 16.5. The molecule has 0 aliphatic heterocycles. The molecule has 1 aromatic heterocycles. The normalized spacial score (nSPS) is 10.4. The number of para-hydroxylation sites is 1. The van der Waals surface area contributed by atoms with Crippen LogP contribution in [0.4, 0.5) is 11.4 Å². The Kier molecular flexibility index (Phi) is 4.47. The van der Waals surface area contributed by atoms with E-state index in [9.17, 15) is 4.79 Å². The molecule has 21 heavy (non-hydrogen) atoms. The average Bonchev–Trinajstić information content (AvgIpc) is 2.84. The molecule has 2 rings (SSSR count). The molecule has 0 radical (unpaired) electrons. The minimum atomic E-state index is -0.401. The number of aryl methyl sites for hydroxylation is 1. The van der Waals surface area contributed by atoms with Gasteiger partial charge in [0.2, 0.25) is 0 Å². The van der Waals surface area contributed by atoms with E-state index < -0.39 is 5.97 Å². The molecular weight excluding hydrogens is 268 g/mol. The summed E-state index contributed by atoms with van der Waals surface area (Å²) in [5, 5.41) is 0. The van der Waals surface area contributed by atoms with Gasteiger partial charge in [0, 0.05) is 26.5 Å². The van der Waals surface area contributed by atoms with Crippen LogP contribution in [-0.2, 0) is 18.3 Å². The van der Waals surface area contributed by atoms with Gasteiger partial charge in [0.1, 0.15) is 5.82 Å². The summed E-state index contributed by atoms with van der Waals surface area (Å²) < 4.78 is 6.96. The number of imidazole rings is 1. The molecule has 0 unspecified atom stereocenters. The van der Waals surface area contributed by atoms with Crippen molar-refractivity contribution in [3.63, 3.8) is 0 Å². The molecule has 0 spiro atoms. The lowest BCUT2D eigenvalue weighted by molar-refractivity contribution is 0.0527. The first kappa shape index (κ1) is 14.9. The molecule has 0 aliphatic rings. The molecule has 0 aliphatic carbocycles. The van der Waals surface area contributed by atoms with Crippen molar-refractivity contribution in [1.82, 2.24) is 9.55 Å². The topological polar surface area (TPSA) is 73.4 Å². The predicted molar refractivity (Wildman–Crippen MR) is 82.1 cm³/mol. The van der Waals surface area contributed by atoms with Crippen LogP contribution in [0.2, 0.25) is 0 Å². The number of nitrogens with two attached hydrogens (primary N) is 1. The molecule has 1 aromatic carbocycles. The third-order valence-electron chi connectivity index (χ3n) is 3.29. The maximum absolute atomic E-state index is 11.9. The molecule has 0 saturated heterocycles. The molecule has 6 nitrogen and oxygen atoms in total. The second-order valence-corrected chi connectivity index (χ2v) is 4.77. The Balaban J connectivity index is 2.25. The molecule has 0 atom stereocenters. The van der Waals surface area contributed by atoms with E-state index in [1.165, 1.54) is 0 Å². The van der Waals surface area contributed by atoms with Gasteiger partial charge in [-0.3, -0.25) is 0 Å². The first-order valence-electron chi connectivity index (χ1n) is 6.77. The quantitative estimate of drug-likeness (QED) is 0.671. The summed E-state index contributed by atoms with van der Waals surface area (Å²) in [5.74, 6) is 0.515. The van der Waals surface area contributed by atoms with E-state index in [0.29, 0.717) is 24.4 Å². The SMILES string of the molecule is CCOC(=O)c1cccc(N(C)Cc2nccn2C)c1N. The monoisotopic (exact) mass is 288 g/mol. The van der Waals surface area contributed by atoms with E-state index in [1.54, 1.807) is 25.3 Å². The largest absolute Gasteiger partial charge is 0.462 e. The second-order valence-electron chi connectivity index (χ2n) is 4.77. The zero-order valence-corrected chi connectivity index (χ0v) is 12.5. The Morgan fingerprint density at radius 3 is 2.86 bits per heavy atom. The molecule has 0 saturated carbocycles. The van der Waals surface area contributed by atoms with Gasteiger partial charge in [-0.25, -0.2) is 9.78 Å². The molecule has 6 heteroatoms. The number of carbonyl (C=O) groups is 1. The Morgan fingerprint density at radius 2 is 2.24 bits per heavy atom. The molecule has 0 fully saturated rings. The summed E-state index contributed by atoms with van der Waals surface area (Å²) in [6.07, 6.45) is 3.64. The maximum Gasteiger partial charge on any atom is 0.340 e. The van der Waals surface area contributed by atoms with Crippen LogP contribution in [0.3, 0.4) is 0 Å². The Morgan fingerprint density at radius 1 is 1.48 bits per heavy atom. The molecule has 112 valence electrons. The third kappa shape index (κ3) is 3.16. The number of esters is 1. The van der Waals surface area contributed by atoms with Crippen molar-refractivity contribution in [1.29, 1.82) is 0 Å². The molecule has 0 bridgehead atoms. The fourth-order valence-corrected chi connectivity index (χ4v) is 2.12. The second kappa shape index (κ2) is 6.30. The van der Waals surface area contributed by atoms with Crippen LogP contribution < -0.4 is 10.6 Å². The van der Waals surface area contributed by atoms with Crippen molar-refractivity contribution in [2.24, 2.45) is 7.05 Å². The Labute approximate surface area is 124 Å². The van der Waals surface area contributed by atoms with E-state index >= 15 is 0 Å². The summed E-state index contributed by atoms with van der Waals surface area (Å²) in [6.45, 7) is 2.69. The maximum atomic E-state index is 11.9. The summed E-state index contributed by atoms with van der Waals surface area (Å²) >= 11 is 0. The minimum absolute atomic E-state index is 0.325. The van der Waals surface area contributed by atoms with Gasteiger partial charge < -0.3 is 19.9 Å². The smallest absolute Gasteiger partial charge is 0.340 e. The number of nitrogen functional groups attached to an aromatic ring is 1. The van der Waals surface area contributed by atoms with Crippen molar-refractivity contribution in [2.75, 3.05) is 24.3 Å². The van der Waals surface area contributed by atoms with E-state index in [0.717, 1.165) is 11.5 Å². The highest BCUT2D eigenvalue weighted by Gasteiger charge is 2.16. The van der Waals surface area contributed by atoms with Crippen LogP contribution in [0.1, 0.15) is 23.1 Å². The first-order valence-corrected chi connectivity index (χ1v) is 6.77. The van der Waals surface area contributed by atoms with Crippen LogP contribution in [0.5, 0.6) is 0 Å². The van der Waals surface area contributed by atoms with Gasteiger partial charge in [-0.05, 0) is 19.1 Å². The van der Waals surface area contributed by atoms with Crippen LogP contribution in [0.15, 0.2) is 30.6 Å². The van der Waals surface area contributed by atoms with Gasteiger partial charge in [-0.2, -0.15) is 0 Å². The lowest BCUT2D eigenvalue weighted by Gasteiger charge is -2.21. The van der Waals surface area contributed by atoms with Crippen LogP contribution in [0.25, 0.3) is 0 Å². The van der Waals surface area contributed by atoms with Gasteiger partial charge in [0.05, 0.1) is 30.1 Å². The number of benzene rings is 1. The number of ether oxygens (including phenoxy) is 1. The van der Waals surface area contributed by atoms with Crippen molar-refractivity contribution in [3.05, 3.63) is 42.0 Å². The average molecular weight is 288 g/mol. The van der Waals surface area contributed by atoms with Crippen molar-refractivity contribution in [2.45, 2.75) is 13.5 Å². The zero-order valence-electron chi connectivity index (χ0n) is 12.5. The van der Waals surface area contributed by atoms with Crippen LogP contribution in [-0.4, -0.2) is 29.2 Å². The molecule has 1 heterocycles. The Hall–Kier alpha value is -2.50. The van der Waals surface area contributed by atoms with Crippen LogP contribution >= 0.6 is 0 Å². The van der Waals surface area contributed by atoms with Crippen LogP contribution in [0, 0.1) is 0 Å². The number of hydrogen-bond donors (Lipinski definition) is 1. The van der Waals surface area contributed by atoms with E-state index in [1.807, 2.05) is 35.8 Å². The van der Waals surface area contributed by atoms with Gasteiger partial charge in [0.25, 0.3) is 0 Å². The molecule has 2 N–H and O–H groups in total. The van der Waals surface area contributed by atoms with Gasteiger partial charge >= 0.3 is 5.97 Å². The van der Waals surface area contributed by atoms with Crippen molar-refractivity contribution >= 4 is 17.3 Å². The minimum Gasteiger partial charge on any atom is -0.462 e. The van der Waals surface area contributed by atoms with E-state index in [2.05, 4.69) is 4.98 Å². The fourth-order valence-electron chi connectivity index (χ4n) is 2.12. The summed E-state index contributed by atoms with van der Waals surface area (Å²) in [6, 6.07) is 5.35. The molecule has 2 aromatic rings. The van der Waals surface area contributed by atoms with E-state index in [-0.39, 0.29) is 0 Å². The standard InChI is InChI=1S/C15H20N4O2/c1-4-21-15(20)11-6-5-7-12(14(11)16)19(3)10-13-17-8-9-18(13)2/h5-9H,4,10,16H2,1-3H3. The molecular formula is C15H20N4O2. The number of anilines is 2. The number of rotatable bonds is 5. The number of hydrogen-bond acceptors (Lipinski definition) is 5. The highest BCUT2D eigenvalue weighted by molar-refractivity contribution is 5.98. The van der Waals surface area contributed by atoms with Gasteiger partial charge in [-0.1, -0.05) is 6.07 Å². The summed E-state index contributed by atoms with van der Waals surface area (Å²) in [4.78, 5) is 18.1. The molecule has 0 amide bonds.